The summed E-state index contributed by atoms with van der Waals surface area (Å²) in [4.78, 5) is 83.2. The molecule has 0 saturated heterocycles. The van der Waals surface area contributed by atoms with E-state index in [9.17, 15) is 19.2 Å². The molecule has 8 aromatic carbocycles. The summed E-state index contributed by atoms with van der Waals surface area (Å²) in [5.41, 5.74) is 20.7. The molecule has 2 fully saturated rings. The van der Waals surface area contributed by atoms with E-state index in [1.165, 1.54) is 17.5 Å². The molecular formula is C79H80N12O4. The van der Waals surface area contributed by atoms with Gasteiger partial charge in [-0.05, 0) is 239 Å². The molecule has 0 bridgehead atoms. The predicted octanol–water partition coefficient (Wildman–Crippen LogP) is 13.7. The lowest BCUT2D eigenvalue weighted by Gasteiger charge is -2.34. The number of carbonyl (C=O) groups is 4. The summed E-state index contributed by atoms with van der Waals surface area (Å²) in [6.07, 6.45) is 11.1. The van der Waals surface area contributed by atoms with Crippen LogP contribution in [0.4, 0.5) is 11.4 Å². The van der Waals surface area contributed by atoms with Gasteiger partial charge in [-0.1, -0.05) is 72.8 Å². The Morgan fingerprint density at radius 2 is 0.737 bits per heavy atom. The first-order chi connectivity index (χ1) is 46.2. The Hall–Kier alpha value is -10.2. The molecule has 2 aliphatic carbocycles. The summed E-state index contributed by atoms with van der Waals surface area (Å²) in [6.45, 7) is 2.75. The van der Waals surface area contributed by atoms with Gasteiger partial charge in [-0.2, -0.15) is 0 Å². The minimum atomic E-state index is -0.0883. The van der Waals surface area contributed by atoms with E-state index in [1.807, 2.05) is 147 Å². The van der Waals surface area contributed by atoms with Crippen LogP contribution in [-0.4, -0.2) is 131 Å². The van der Waals surface area contributed by atoms with Gasteiger partial charge in [0.2, 0.25) is 0 Å². The third kappa shape index (κ3) is 14.3. The number of rotatable bonds is 20. The van der Waals surface area contributed by atoms with Crippen molar-refractivity contribution >= 4 is 68.5 Å². The van der Waals surface area contributed by atoms with E-state index in [-0.39, 0.29) is 35.7 Å². The molecule has 2 aliphatic heterocycles. The van der Waals surface area contributed by atoms with Gasteiger partial charge >= 0.3 is 0 Å². The second-order valence-electron chi connectivity index (χ2n) is 26.8. The summed E-state index contributed by atoms with van der Waals surface area (Å²) in [5.74, 6) is 2.61. The van der Waals surface area contributed by atoms with Crippen LogP contribution in [0, 0.1) is 11.8 Å². The van der Waals surface area contributed by atoms with Crippen molar-refractivity contribution in [2.45, 2.75) is 82.7 Å². The van der Waals surface area contributed by atoms with Gasteiger partial charge in [0.1, 0.15) is 11.6 Å². The predicted molar refractivity (Wildman–Crippen MR) is 379 cm³/mol. The first-order valence-electron chi connectivity index (χ1n) is 33.5. The minimum Gasteiger partial charge on any atom is -0.351 e. The Balaban J connectivity index is 0.498. The zero-order valence-corrected chi connectivity index (χ0v) is 54.4. The van der Waals surface area contributed by atoms with Gasteiger partial charge in [-0.15, -0.1) is 0 Å². The molecule has 10 aromatic rings. The van der Waals surface area contributed by atoms with Crippen LogP contribution in [0.5, 0.6) is 0 Å². The van der Waals surface area contributed by atoms with E-state index in [0.717, 1.165) is 165 Å². The molecule has 16 nitrogen and oxygen atoms in total. The first kappa shape index (κ1) is 62.3. The fraction of sp³-hybridized carbons (Fsp3) is 0.291. The van der Waals surface area contributed by atoms with Crippen LogP contribution in [0.2, 0.25) is 0 Å². The van der Waals surface area contributed by atoms with Gasteiger partial charge in [0.05, 0.1) is 44.9 Å². The van der Waals surface area contributed by atoms with Gasteiger partial charge in [0.15, 0.2) is 0 Å². The Labute approximate surface area is 554 Å². The van der Waals surface area contributed by atoms with E-state index in [4.69, 9.17) is 20.0 Å². The Bertz CT molecular complexity index is 4570. The molecule has 16 heteroatoms. The number of fused-ring (bicyclic) bond motifs is 4. The van der Waals surface area contributed by atoms with Gasteiger partial charge < -0.3 is 41.0 Å². The molecule has 14 rings (SSSR count). The van der Waals surface area contributed by atoms with E-state index in [0.29, 0.717) is 60.0 Å². The van der Waals surface area contributed by atoms with E-state index >= 15 is 0 Å². The second kappa shape index (κ2) is 27.4. The highest BCUT2D eigenvalue weighted by Crippen LogP contribution is 2.39. The van der Waals surface area contributed by atoms with Crippen LogP contribution >= 0.6 is 0 Å². The molecule has 4 aliphatic rings. The Morgan fingerprint density at radius 3 is 1.12 bits per heavy atom. The van der Waals surface area contributed by atoms with Crippen molar-refractivity contribution in [1.29, 1.82) is 0 Å². The van der Waals surface area contributed by atoms with Crippen LogP contribution < -0.4 is 21.3 Å². The van der Waals surface area contributed by atoms with E-state index < -0.39 is 0 Å². The van der Waals surface area contributed by atoms with Crippen molar-refractivity contribution in [1.82, 2.24) is 51.0 Å². The molecule has 0 spiro atoms. The number of carbonyl (C=O) groups excluding carboxylic acids is 4. The molecule has 2 aromatic heterocycles. The van der Waals surface area contributed by atoms with Crippen LogP contribution in [0.15, 0.2) is 180 Å². The van der Waals surface area contributed by atoms with Crippen molar-refractivity contribution in [2.24, 2.45) is 21.8 Å². The van der Waals surface area contributed by atoms with Crippen molar-refractivity contribution < 1.29 is 19.2 Å². The average Bonchev–Trinajstić information content (AvgIpc) is 1.70. The number of hydrogen-bond donors (Lipinski definition) is 6. The van der Waals surface area contributed by atoms with Gasteiger partial charge in [-0.25, -0.2) is 9.97 Å². The van der Waals surface area contributed by atoms with Crippen molar-refractivity contribution in [3.63, 3.8) is 0 Å². The topological polar surface area (TPSA) is 205 Å². The van der Waals surface area contributed by atoms with Crippen molar-refractivity contribution in [3.8, 4) is 45.0 Å². The Morgan fingerprint density at radius 1 is 0.400 bits per heavy atom. The molecule has 0 radical (unpaired) electrons. The fourth-order valence-corrected chi connectivity index (χ4v) is 14.0. The number of likely N-dealkylation sites (N-methyl/N-ethyl adjacent to an activating group) is 2. The number of benzene rings is 8. The Kier molecular flexibility index (Phi) is 18.0. The van der Waals surface area contributed by atoms with Crippen LogP contribution in [0.25, 0.3) is 67.1 Å². The number of aliphatic imine (C=N–C) groups is 2. The SMILES string of the molecule is CN(C)CCNC(=O)c1ccc(C2=Nc3ccc(-c4ccc5nc(-c6ccc(C(=O)NC7CCC(CC8CCC(NC(=O)c9ccc(C%10=Nc%11ccc(-c%12ccc%13nc(-c%14ccc(C(=O)NCCN(C)C)cc%14)[nH]c%13c%12)cc%11C%10)cc9)CC8)CC7)cc6)[nH]c5c4)cc3C2)cc1. The number of aromatic nitrogens is 4. The zero-order chi connectivity index (χ0) is 65.1. The number of hydrogen-bond acceptors (Lipinski definition) is 10. The van der Waals surface area contributed by atoms with Gasteiger partial charge in [-0.3, -0.25) is 29.2 Å². The largest absolute Gasteiger partial charge is 0.351 e. The number of nitrogens with zero attached hydrogens (tertiary/aromatic N) is 6. The van der Waals surface area contributed by atoms with Crippen molar-refractivity contribution in [3.05, 3.63) is 214 Å². The second-order valence-corrected chi connectivity index (χ2v) is 26.8. The van der Waals surface area contributed by atoms with Crippen LogP contribution in [0.3, 0.4) is 0 Å². The molecule has 6 N–H and O–H groups in total. The lowest BCUT2D eigenvalue weighted by Crippen LogP contribution is -2.39. The lowest BCUT2D eigenvalue weighted by atomic mass is 9.75. The molecule has 0 atom stereocenters. The number of H-pyrrole nitrogens is 2. The maximum Gasteiger partial charge on any atom is 0.251 e. The molecule has 480 valence electrons. The summed E-state index contributed by atoms with van der Waals surface area (Å²) >= 11 is 0. The molecule has 95 heavy (non-hydrogen) atoms. The standard InChI is InChI=1S/C79H80N12O4/c1-90(2)39-37-80-76(92)54-17-9-50(10-18-54)70-46-62-42-58(25-33-66(62)84-70)61-28-36-69-73(45-61)89-75(87-69)53-15-23-57(24-16-53)79(95)83-65-31-7-49(8-32-65)41-48-5-29-64(30-6-48)82-78(94)56-19-11-51(12-20-56)71-47-63-43-59(26-34-67(63)85-71)60-27-35-68-72(44-60)88-74(86-68)52-13-21-55(22-14-52)77(93)81-38-40-91(3)4/h9-28,33-36,42-45,48-49,64-65H,5-8,29-32,37-41,46-47H2,1-4H3,(H,80,92)(H,81,93)(H,82,94)(H,83,95)(H,86,88)(H,87,89). The third-order valence-electron chi connectivity index (χ3n) is 19.5. The van der Waals surface area contributed by atoms with Crippen LogP contribution in [-0.2, 0) is 12.8 Å². The smallest absolute Gasteiger partial charge is 0.251 e. The number of aromatic amines is 2. The van der Waals surface area contributed by atoms with Crippen LogP contribution in [0.1, 0.15) is 121 Å². The quantitative estimate of drug-likeness (QED) is 0.0432. The van der Waals surface area contributed by atoms with Crippen molar-refractivity contribution in [2.75, 3.05) is 54.4 Å². The zero-order valence-electron chi connectivity index (χ0n) is 54.4. The summed E-state index contributed by atoms with van der Waals surface area (Å²) in [5, 5.41) is 12.6. The number of nitrogens with one attached hydrogen (secondary N) is 6. The number of imidazole rings is 2. The minimum absolute atomic E-state index is 0.0207. The monoisotopic (exact) mass is 1260 g/mol. The summed E-state index contributed by atoms with van der Waals surface area (Å²) < 4.78 is 0. The molecular weight excluding hydrogens is 1180 g/mol. The molecule has 4 amide bonds. The maximum atomic E-state index is 13.6. The van der Waals surface area contributed by atoms with E-state index in [2.05, 4.69) is 91.9 Å². The summed E-state index contributed by atoms with van der Waals surface area (Å²) in [7, 11) is 7.94. The van der Waals surface area contributed by atoms with E-state index in [1.54, 1.807) is 0 Å². The maximum absolute atomic E-state index is 13.6. The molecule has 0 unspecified atom stereocenters. The van der Waals surface area contributed by atoms with Gasteiger partial charge in [0, 0.05) is 84.5 Å². The fourth-order valence-electron chi connectivity index (χ4n) is 14.0. The average molecular weight is 1260 g/mol. The van der Waals surface area contributed by atoms with Gasteiger partial charge in [0.25, 0.3) is 23.6 Å². The number of amides is 4. The normalized spacial score (nSPS) is 17.5. The highest BCUT2D eigenvalue weighted by molar-refractivity contribution is 6.09. The molecule has 2 saturated carbocycles. The first-order valence-corrected chi connectivity index (χ1v) is 33.5. The molecule has 4 heterocycles. The summed E-state index contributed by atoms with van der Waals surface area (Å²) in [6, 6.07) is 56.6. The highest BCUT2D eigenvalue weighted by atomic mass is 16.2. The lowest BCUT2D eigenvalue weighted by molar-refractivity contribution is 0.0912. The highest BCUT2D eigenvalue weighted by Gasteiger charge is 2.29. The third-order valence-corrected chi connectivity index (χ3v) is 19.5.